The Morgan fingerprint density at radius 3 is 2.52 bits per heavy atom. The van der Waals surface area contributed by atoms with Gasteiger partial charge in [-0.25, -0.2) is 9.97 Å². The molecule has 0 saturated heterocycles. The van der Waals surface area contributed by atoms with Crippen LogP contribution >= 0.6 is 0 Å². The van der Waals surface area contributed by atoms with Gasteiger partial charge in [-0.05, 0) is 24.6 Å². The Bertz CT molecular complexity index is 1290. The van der Waals surface area contributed by atoms with E-state index in [2.05, 4.69) is 12.6 Å². The van der Waals surface area contributed by atoms with Crippen molar-refractivity contribution in [2.24, 2.45) is 5.73 Å². The average molecular weight is 608 g/mol. The summed E-state index contributed by atoms with van der Waals surface area (Å²) in [6.45, 7) is 9.80. The summed E-state index contributed by atoms with van der Waals surface area (Å²) in [4.78, 5) is 21.7. The van der Waals surface area contributed by atoms with Crippen LogP contribution in [0.5, 0.6) is 0 Å². The van der Waals surface area contributed by atoms with Crippen LogP contribution in [-0.4, -0.2) is 20.4 Å². The first-order valence-corrected chi connectivity index (χ1v) is 8.85. The van der Waals surface area contributed by atoms with Gasteiger partial charge in [0.15, 0.2) is 5.65 Å². The third kappa shape index (κ3) is 3.35. The molecule has 0 spiro atoms. The number of nitrogens with zero attached hydrogens (tertiary/aromatic N) is 3. The molecule has 144 valence electrons. The van der Waals surface area contributed by atoms with Gasteiger partial charge < -0.3 is 16.0 Å². The van der Waals surface area contributed by atoms with Crippen LogP contribution in [0.3, 0.4) is 0 Å². The molecule has 0 fully saturated rings. The van der Waals surface area contributed by atoms with E-state index in [1.54, 1.807) is 4.57 Å². The average Bonchev–Trinajstić information content (AvgIpc) is 2.90. The molecule has 0 aliphatic carbocycles. The maximum atomic E-state index is 12.2. The van der Waals surface area contributed by atoms with Gasteiger partial charge in [0.2, 0.25) is 0 Å². The number of aromatic nitrogens is 3. The standard InChI is InChI=1S/C22H20N5O.U/c1-11(2)14-8-9-15-16(10-14)25-18-17(21(24)28)20(23)27(22(18)26-15)19-12(3)6-5-7-13(19)4;/h5-6,8-10H,1,23H2,2-4H3,(H2,24,28);/q-1;. The fraction of sp³-hybridized carbons (Fsp3) is 0.136. The number of amides is 1. The number of rotatable bonds is 3. The topological polar surface area (TPSA) is 99.8 Å². The monoisotopic (exact) mass is 608 g/mol. The van der Waals surface area contributed by atoms with E-state index >= 15 is 0 Å². The van der Waals surface area contributed by atoms with Crippen LogP contribution in [0.1, 0.15) is 34.0 Å². The van der Waals surface area contributed by atoms with Crippen molar-refractivity contribution in [2.75, 3.05) is 5.73 Å². The summed E-state index contributed by atoms with van der Waals surface area (Å²) in [5, 5.41) is 0. The van der Waals surface area contributed by atoms with E-state index in [4.69, 9.17) is 21.4 Å². The van der Waals surface area contributed by atoms with Gasteiger partial charge in [-0.2, -0.15) is 18.2 Å². The molecule has 0 bridgehead atoms. The summed E-state index contributed by atoms with van der Waals surface area (Å²) >= 11 is 0. The zero-order valence-corrected chi connectivity index (χ0v) is 20.7. The Kier molecular flexibility index (Phi) is 5.57. The summed E-state index contributed by atoms with van der Waals surface area (Å²) in [6.07, 6.45) is 0. The van der Waals surface area contributed by atoms with E-state index in [0.29, 0.717) is 22.2 Å². The number of carbonyl (C=O) groups excluding carboxylic acids is 1. The zero-order valence-electron chi connectivity index (χ0n) is 16.5. The number of hydrogen-bond acceptors (Lipinski definition) is 4. The molecule has 29 heavy (non-hydrogen) atoms. The van der Waals surface area contributed by atoms with Gasteiger partial charge in [0.25, 0.3) is 5.91 Å². The fourth-order valence-corrected chi connectivity index (χ4v) is 3.53. The minimum Gasteiger partial charge on any atom is -0.385 e. The molecule has 6 nitrogen and oxygen atoms in total. The van der Waals surface area contributed by atoms with Crippen LogP contribution in [-0.2, 0) is 0 Å². The smallest absolute Gasteiger partial charge is 0.254 e. The van der Waals surface area contributed by atoms with E-state index in [0.717, 1.165) is 28.0 Å². The zero-order chi connectivity index (χ0) is 20.2. The van der Waals surface area contributed by atoms with E-state index in [1.165, 1.54) is 0 Å². The number of carbonyl (C=O) groups is 1. The number of anilines is 1. The predicted octanol–water partition coefficient (Wildman–Crippen LogP) is 3.70. The maximum absolute atomic E-state index is 12.2. The van der Waals surface area contributed by atoms with Crippen molar-refractivity contribution in [3.8, 4) is 5.69 Å². The molecule has 0 aliphatic rings. The number of hydrogen-bond donors (Lipinski definition) is 2. The van der Waals surface area contributed by atoms with Crippen molar-refractivity contribution >= 4 is 39.5 Å². The quantitative estimate of drug-likeness (QED) is 0.347. The number of aryl methyl sites for hydroxylation is 2. The number of nitrogens with two attached hydrogens (primary N) is 2. The van der Waals surface area contributed by atoms with Gasteiger partial charge >= 0.3 is 0 Å². The van der Waals surface area contributed by atoms with Crippen LogP contribution in [0.25, 0.3) is 33.5 Å². The van der Waals surface area contributed by atoms with Crippen LogP contribution in [0.15, 0.2) is 36.9 Å². The minimum atomic E-state index is -0.638. The van der Waals surface area contributed by atoms with Crippen molar-refractivity contribution in [3.63, 3.8) is 0 Å². The Morgan fingerprint density at radius 1 is 1.17 bits per heavy atom. The molecular weight excluding hydrogens is 588 g/mol. The van der Waals surface area contributed by atoms with Crippen LogP contribution in [0.4, 0.5) is 5.82 Å². The molecule has 7 heteroatoms. The minimum absolute atomic E-state index is 0. The molecular formula is C22H20N5OU-. The van der Waals surface area contributed by atoms with Crippen LogP contribution in [0.2, 0.25) is 0 Å². The molecule has 0 radical (unpaired) electrons. The Hall–Kier alpha value is -2.62. The van der Waals surface area contributed by atoms with Crippen LogP contribution < -0.4 is 11.5 Å². The first kappa shape index (κ1) is 21.1. The van der Waals surface area contributed by atoms with E-state index < -0.39 is 5.91 Å². The maximum Gasteiger partial charge on any atom is 0.254 e. The molecule has 2 aromatic carbocycles. The predicted molar refractivity (Wildman–Crippen MR) is 112 cm³/mol. The number of fused-ring (bicyclic) bond motifs is 2. The molecule has 4 aromatic rings. The molecule has 2 aromatic heterocycles. The molecule has 0 unspecified atom stereocenters. The van der Waals surface area contributed by atoms with Crippen LogP contribution in [0, 0.1) is 51.0 Å². The molecule has 1 amide bonds. The second kappa shape index (κ2) is 7.66. The van der Waals surface area contributed by atoms with E-state index in [1.807, 2.05) is 51.1 Å². The molecule has 0 aliphatic heterocycles. The third-order valence-electron chi connectivity index (χ3n) is 4.92. The Balaban J connectivity index is 0.00000240. The summed E-state index contributed by atoms with van der Waals surface area (Å²) in [5.74, 6) is -0.412. The van der Waals surface area contributed by atoms with Gasteiger partial charge in [0, 0.05) is 31.1 Å². The van der Waals surface area contributed by atoms with Gasteiger partial charge in [-0.3, -0.25) is 4.79 Å². The van der Waals surface area contributed by atoms with E-state index in [9.17, 15) is 4.79 Å². The number of nitrogen functional groups attached to an aromatic ring is 1. The van der Waals surface area contributed by atoms with Crippen molar-refractivity contribution in [1.82, 2.24) is 14.5 Å². The SMILES string of the molecule is C=C(C)c1ccc2nc3c(nc2c1)c(C(N)=O)c(N)n3-c1c(C)[c-]ccc1C.[U]. The molecule has 0 saturated carbocycles. The Labute approximate surface area is 192 Å². The normalized spacial score (nSPS) is 10.9. The third-order valence-corrected chi connectivity index (χ3v) is 4.92. The summed E-state index contributed by atoms with van der Waals surface area (Å²) in [6, 6.07) is 12.7. The Morgan fingerprint density at radius 2 is 1.90 bits per heavy atom. The largest absolute Gasteiger partial charge is 0.385 e. The van der Waals surface area contributed by atoms with Gasteiger partial charge in [0.1, 0.15) is 16.9 Å². The van der Waals surface area contributed by atoms with Gasteiger partial charge in [-0.15, -0.1) is 11.1 Å². The van der Waals surface area contributed by atoms with E-state index in [-0.39, 0.29) is 42.5 Å². The summed E-state index contributed by atoms with van der Waals surface area (Å²) in [5.41, 5.74) is 19.0. The first-order chi connectivity index (χ1) is 13.3. The number of benzene rings is 2. The molecule has 2 heterocycles. The van der Waals surface area contributed by atoms with Crippen molar-refractivity contribution < 1.29 is 35.9 Å². The van der Waals surface area contributed by atoms with Gasteiger partial charge in [0.05, 0.1) is 11.0 Å². The molecule has 4 N–H and O–H groups in total. The van der Waals surface area contributed by atoms with Crippen molar-refractivity contribution in [1.29, 1.82) is 0 Å². The first-order valence-electron chi connectivity index (χ1n) is 8.85. The number of primary amides is 1. The molecule has 4 rings (SSSR count). The second-order valence-electron chi connectivity index (χ2n) is 6.97. The fourth-order valence-electron chi connectivity index (χ4n) is 3.53. The summed E-state index contributed by atoms with van der Waals surface area (Å²) in [7, 11) is 0. The van der Waals surface area contributed by atoms with Crippen molar-refractivity contribution in [3.05, 3.63) is 65.2 Å². The summed E-state index contributed by atoms with van der Waals surface area (Å²) < 4.78 is 1.75. The molecule has 0 atom stereocenters. The number of allylic oxidation sites excluding steroid dienone is 1. The van der Waals surface area contributed by atoms with Gasteiger partial charge in [-0.1, -0.05) is 37.8 Å². The second-order valence-corrected chi connectivity index (χ2v) is 6.97. The van der Waals surface area contributed by atoms with Crippen molar-refractivity contribution in [2.45, 2.75) is 20.8 Å².